The highest BCUT2D eigenvalue weighted by Gasteiger charge is 2.18. The molecule has 0 saturated carbocycles. The molecule has 5 nitrogen and oxygen atoms in total. The van der Waals surface area contributed by atoms with Crippen LogP contribution >= 0.6 is 11.6 Å². The van der Waals surface area contributed by atoms with Gasteiger partial charge in [-0.25, -0.2) is 4.39 Å². The van der Waals surface area contributed by atoms with Crippen LogP contribution in [-0.2, 0) is 0 Å². The van der Waals surface area contributed by atoms with Crippen molar-refractivity contribution in [2.45, 2.75) is 6.92 Å². The number of nitrogens with zero attached hydrogens (tertiary/aromatic N) is 1. The fourth-order valence-corrected chi connectivity index (χ4v) is 2.54. The number of nitrogens with two attached hydrogens (primary N) is 1. The Bertz CT molecular complexity index is 766. The Morgan fingerprint density at radius 1 is 1.33 bits per heavy atom. The number of amides is 1. The summed E-state index contributed by atoms with van der Waals surface area (Å²) in [6.07, 6.45) is 0. The Kier molecular flexibility index (Phi) is 5.51. The zero-order chi connectivity index (χ0) is 17.9. The van der Waals surface area contributed by atoms with Gasteiger partial charge in [0.2, 0.25) is 0 Å². The van der Waals surface area contributed by atoms with E-state index in [9.17, 15) is 9.18 Å². The first-order valence-electron chi connectivity index (χ1n) is 7.47. The molecule has 0 atom stereocenters. The molecule has 0 aliphatic heterocycles. The monoisotopic (exact) mass is 350 g/mol. The largest absolute Gasteiger partial charge is 0.397 e. The molecular formula is C17H20ClFN4O. The molecule has 24 heavy (non-hydrogen) atoms. The number of rotatable bonds is 5. The van der Waals surface area contributed by atoms with E-state index in [2.05, 4.69) is 10.6 Å². The fourth-order valence-electron chi connectivity index (χ4n) is 2.37. The van der Waals surface area contributed by atoms with E-state index in [-0.39, 0.29) is 10.9 Å². The molecule has 0 spiro atoms. The average Bonchev–Trinajstić information content (AvgIpc) is 2.56. The highest BCUT2D eigenvalue weighted by atomic mass is 35.5. The summed E-state index contributed by atoms with van der Waals surface area (Å²) in [4.78, 5) is 14.1. The first-order chi connectivity index (χ1) is 11.4. The standard InChI is InChI=1S/C17H20ClFN4O/c1-4-22-17(24)11-8-14(20)15(21-2)9-16(11)23(3)10-5-6-13(19)12(18)7-10/h5-9,21H,4,20H2,1-3H3,(H,22,24). The molecule has 0 aliphatic rings. The second-order valence-corrected chi connectivity index (χ2v) is 5.63. The highest BCUT2D eigenvalue weighted by Crippen LogP contribution is 2.34. The predicted molar refractivity (Wildman–Crippen MR) is 97.9 cm³/mol. The van der Waals surface area contributed by atoms with Crippen molar-refractivity contribution >= 4 is 40.3 Å². The lowest BCUT2D eigenvalue weighted by Gasteiger charge is -2.24. The van der Waals surface area contributed by atoms with E-state index in [0.29, 0.717) is 34.9 Å². The minimum atomic E-state index is -0.494. The van der Waals surface area contributed by atoms with E-state index in [1.807, 2.05) is 6.92 Å². The lowest BCUT2D eigenvalue weighted by molar-refractivity contribution is 0.0956. The van der Waals surface area contributed by atoms with Gasteiger partial charge in [0.15, 0.2) is 0 Å². The van der Waals surface area contributed by atoms with Gasteiger partial charge >= 0.3 is 0 Å². The molecule has 1 amide bonds. The molecule has 7 heteroatoms. The highest BCUT2D eigenvalue weighted by molar-refractivity contribution is 6.31. The van der Waals surface area contributed by atoms with Crippen molar-refractivity contribution < 1.29 is 9.18 Å². The first kappa shape index (κ1) is 17.9. The molecule has 2 rings (SSSR count). The van der Waals surface area contributed by atoms with E-state index in [1.165, 1.54) is 12.1 Å². The third-order valence-corrected chi connectivity index (χ3v) is 3.96. The molecule has 0 heterocycles. The van der Waals surface area contributed by atoms with E-state index in [0.717, 1.165) is 0 Å². The lowest BCUT2D eigenvalue weighted by Crippen LogP contribution is -2.25. The van der Waals surface area contributed by atoms with Gasteiger partial charge in [-0.3, -0.25) is 4.79 Å². The van der Waals surface area contributed by atoms with Crippen LogP contribution in [0.2, 0.25) is 5.02 Å². The Labute approximate surface area is 145 Å². The minimum Gasteiger partial charge on any atom is -0.397 e. The van der Waals surface area contributed by atoms with Gasteiger partial charge in [0, 0.05) is 26.3 Å². The summed E-state index contributed by atoms with van der Waals surface area (Å²) in [6.45, 7) is 2.34. The number of carbonyl (C=O) groups is 1. The zero-order valence-corrected chi connectivity index (χ0v) is 14.5. The molecule has 0 saturated heterocycles. The summed E-state index contributed by atoms with van der Waals surface area (Å²) in [5, 5.41) is 5.77. The van der Waals surface area contributed by atoms with Gasteiger partial charge in [0.25, 0.3) is 5.91 Å². The number of nitrogen functional groups attached to an aromatic ring is 1. The Morgan fingerprint density at radius 2 is 2.04 bits per heavy atom. The van der Waals surface area contributed by atoms with Gasteiger partial charge in [0.05, 0.1) is 27.6 Å². The van der Waals surface area contributed by atoms with Crippen molar-refractivity contribution in [3.8, 4) is 0 Å². The van der Waals surface area contributed by atoms with E-state index < -0.39 is 5.82 Å². The first-order valence-corrected chi connectivity index (χ1v) is 7.85. The molecule has 0 unspecified atom stereocenters. The number of hydrogen-bond acceptors (Lipinski definition) is 4. The van der Waals surface area contributed by atoms with Crippen LogP contribution in [0.25, 0.3) is 0 Å². The van der Waals surface area contributed by atoms with Crippen molar-refractivity contribution in [2.24, 2.45) is 0 Å². The number of nitrogens with one attached hydrogen (secondary N) is 2. The van der Waals surface area contributed by atoms with Crippen LogP contribution in [0, 0.1) is 5.82 Å². The van der Waals surface area contributed by atoms with Crippen molar-refractivity contribution in [1.82, 2.24) is 5.32 Å². The minimum absolute atomic E-state index is 0.0168. The van der Waals surface area contributed by atoms with E-state index >= 15 is 0 Å². The Morgan fingerprint density at radius 3 is 2.62 bits per heavy atom. The molecule has 0 fully saturated rings. The Hall–Kier alpha value is -2.47. The van der Waals surface area contributed by atoms with Gasteiger partial charge in [-0.2, -0.15) is 0 Å². The average molecular weight is 351 g/mol. The molecule has 2 aromatic carbocycles. The third kappa shape index (κ3) is 3.54. The van der Waals surface area contributed by atoms with Crippen LogP contribution in [0.3, 0.4) is 0 Å². The van der Waals surface area contributed by atoms with Crippen LogP contribution in [0.4, 0.5) is 27.1 Å². The predicted octanol–water partition coefficient (Wildman–Crippen LogP) is 3.62. The number of hydrogen-bond donors (Lipinski definition) is 3. The third-order valence-electron chi connectivity index (χ3n) is 3.67. The number of carbonyl (C=O) groups excluding carboxylic acids is 1. The van der Waals surface area contributed by atoms with Crippen molar-refractivity contribution in [3.05, 3.63) is 46.7 Å². The van der Waals surface area contributed by atoms with Crippen LogP contribution in [0.15, 0.2) is 30.3 Å². The summed E-state index contributed by atoms with van der Waals surface area (Å²) in [6, 6.07) is 7.78. The number of anilines is 4. The van der Waals surface area contributed by atoms with Gasteiger partial charge in [0.1, 0.15) is 5.82 Å². The van der Waals surface area contributed by atoms with Crippen molar-refractivity contribution in [3.63, 3.8) is 0 Å². The van der Waals surface area contributed by atoms with Gasteiger partial charge < -0.3 is 21.3 Å². The quantitative estimate of drug-likeness (QED) is 0.720. The summed E-state index contributed by atoms with van der Waals surface area (Å²) >= 11 is 5.87. The summed E-state index contributed by atoms with van der Waals surface area (Å²) in [7, 11) is 3.52. The molecule has 4 N–H and O–H groups in total. The fraction of sp³-hybridized carbons (Fsp3) is 0.235. The lowest BCUT2D eigenvalue weighted by atomic mass is 10.1. The van der Waals surface area contributed by atoms with Crippen LogP contribution in [-0.4, -0.2) is 26.5 Å². The second kappa shape index (κ2) is 7.40. The van der Waals surface area contributed by atoms with Gasteiger partial charge in [-0.05, 0) is 37.3 Å². The van der Waals surface area contributed by atoms with Gasteiger partial charge in [-0.1, -0.05) is 11.6 Å². The zero-order valence-electron chi connectivity index (χ0n) is 13.8. The topological polar surface area (TPSA) is 70.4 Å². The molecule has 0 radical (unpaired) electrons. The number of halogens is 2. The molecule has 0 aromatic heterocycles. The van der Waals surface area contributed by atoms with Crippen LogP contribution in [0.1, 0.15) is 17.3 Å². The maximum atomic E-state index is 13.4. The molecular weight excluding hydrogens is 331 g/mol. The molecule has 0 bridgehead atoms. The van der Waals surface area contributed by atoms with Crippen molar-refractivity contribution in [2.75, 3.05) is 36.6 Å². The summed E-state index contributed by atoms with van der Waals surface area (Å²) < 4.78 is 13.4. The van der Waals surface area contributed by atoms with E-state index in [1.54, 1.807) is 37.2 Å². The second-order valence-electron chi connectivity index (χ2n) is 5.22. The van der Waals surface area contributed by atoms with E-state index in [4.69, 9.17) is 17.3 Å². The molecule has 2 aromatic rings. The molecule has 128 valence electrons. The van der Waals surface area contributed by atoms with Crippen LogP contribution < -0.4 is 21.3 Å². The normalized spacial score (nSPS) is 10.4. The SMILES string of the molecule is CCNC(=O)c1cc(N)c(NC)cc1N(C)c1ccc(F)c(Cl)c1. The Balaban J connectivity index is 2.56. The summed E-state index contributed by atoms with van der Waals surface area (Å²) in [5.74, 6) is -0.729. The maximum Gasteiger partial charge on any atom is 0.253 e. The summed E-state index contributed by atoms with van der Waals surface area (Å²) in [5.41, 5.74) is 8.85. The van der Waals surface area contributed by atoms with Crippen LogP contribution in [0.5, 0.6) is 0 Å². The number of benzene rings is 2. The maximum absolute atomic E-state index is 13.4. The smallest absolute Gasteiger partial charge is 0.253 e. The van der Waals surface area contributed by atoms with Gasteiger partial charge in [-0.15, -0.1) is 0 Å². The molecule has 0 aliphatic carbocycles. The van der Waals surface area contributed by atoms with Crippen molar-refractivity contribution in [1.29, 1.82) is 0 Å².